The lowest BCUT2D eigenvalue weighted by molar-refractivity contribution is -0.123. The minimum absolute atomic E-state index is 0.0853. The molecule has 0 atom stereocenters. The van der Waals surface area contributed by atoms with E-state index in [1.807, 2.05) is 42.5 Å². The molecule has 1 amide bonds. The monoisotopic (exact) mass is 355 g/mol. The molecule has 0 bridgehead atoms. The van der Waals surface area contributed by atoms with Gasteiger partial charge in [-0.1, -0.05) is 60.1 Å². The molecular weight excluding hydrogens is 338 g/mol. The summed E-state index contributed by atoms with van der Waals surface area (Å²) in [7, 11) is 0. The van der Waals surface area contributed by atoms with Crippen LogP contribution in [0.2, 0.25) is 5.02 Å². The van der Waals surface area contributed by atoms with Gasteiger partial charge in [0.15, 0.2) is 6.61 Å². The van der Waals surface area contributed by atoms with Crippen LogP contribution >= 0.6 is 11.6 Å². The van der Waals surface area contributed by atoms with Crippen molar-refractivity contribution in [1.82, 2.24) is 5.32 Å². The van der Waals surface area contributed by atoms with Gasteiger partial charge in [0.1, 0.15) is 18.1 Å². The van der Waals surface area contributed by atoms with Crippen molar-refractivity contribution in [2.45, 2.75) is 0 Å². The van der Waals surface area contributed by atoms with Crippen molar-refractivity contribution in [3.05, 3.63) is 71.8 Å². The van der Waals surface area contributed by atoms with Gasteiger partial charge in [0.2, 0.25) is 0 Å². The molecular formula is C20H18ClNO3. The molecule has 0 unspecified atom stereocenters. The third kappa shape index (κ3) is 4.64. The number of rotatable bonds is 7. The molecule has 0 saturated carbocycles. The van der Waals surface area contributed by atoms with Gasteiger partial charge in [0, 0.05) is 5.39 Å². The number of carbonyl (C=O) groups excluding carboxylic acids is 1. The quantitative estimate of drug-likeness (QED) is 0.650. The molecule has 0 aliphatic carbocycles. The highest BCUT2D eigenvalue weighted by Gasteiger charge is 2.05. The van der Waals surface area contributed by atoms with Crippen LogP contribution in [0.25, 0.3) is 10.8 Å². The first kappa shape index (κ1) is 17.1. The van der Waals surface area contributed by atoms with Crippen LogP contribution in [0.3, 0.4) is 0 Å². The Morgan fingerprint density at radius 2 is 1.60 bits per heavy atom. The molecule has 0 radical (unpaired) electrons. The number of benzene rings is 3. The summed E-state index contributed by atoms with van der Waals surface area (Å²) in [5, 5.41) is 5.42. The van der Waals surface area contributed by atoms with E-state index in [2.05, 4.69) is 5.32 Å². The number of halogens is 1. The lowest BCUT2D eigenvalue weighted by Gasteiger charge is -2.11. The third-order valence-electron chi connectivity index (χ3n) is 3.63. The number of hydrogen-bond acceptors (Lipinski definition) is 3. The van der Waals surface area contributed by atoms with Crippen LogP contribution in [0.5, 0.6) is 11.5 Å². The molecule has 0 aromatic heterocycles. The second-order valence-electron chi connectivity index (χ2n) is 5.39. The van der Waals surface area contributed by atoms with Crippen molar-refractivity contribution in [2.24, 2.45) is 0 Å². The minimum atomic E-state index is -0.221. The molecule has 0 fully saturated rings. The minimum Gasteiger partial charge on any atom is -0.491 e. The van der Waals surface area contributed by atoms with Crippen molar-refractivity contribution in [3.8, 4) is 11.5 Å². The van der Waals surface area contributed by atoms with Gasteiger partial charge in [-0.05, 0) is 23.6 Å². The Kier molecular flexibility index (Phi) is 5.75. The number of amides is 1. The average Bonchev–Trinajstić information content (AvgIpc) is 2.64. The maximum atomic E-state index is 11.8. The highest BCUT2D eigenvalue weighted by molar-refractivity contribution is 6.32. The summed E-state index contributed by atoms with van der Waals surface area (Å²) in [5.74, 6) is 1.08. The number of carbonyl (C=O) groups is 1. The third-order valence-corrected chi connectivity index (χ3v) is 3.94. The first-order valence-corrected chi connectivity index (χ1v) is 8.36. The van der Waals surface area contributed by atoms with Crippen LogP contribution in [-0.2, 0) is 4.79 Å². The van der Waals surface area contributed by atoms with Gasteiger partial charge in [0.05, 0.1) is 11.6 Å². The zero-order valence-corrected chi connectivity index (χ0v) is 14.3. The number of nitrogens with one attached hydrogen (secondary N) is 1. The van der Waals surface area contributed by atoms with E-state index < -0.39 is 0 Å². The van der Waals surface area contributed by atoms with Gasteiger partial charge >= 0.3 is 0 Å². The van der Waals surface area contributed by atoms with E-state index in [0.717, 1.165) is 16.5 Å². The van der Waals surface area contributed by atoms with Crippen molar-refractivity contribution in [2.75, 3.05) is 19.8 Å². The maximum absolute atomic E-state index is 11.8. The first-order chi connectivity index (χ1) is 12.2. The number of para-hydroxylation sites is 1. The summed E-state index contributed by atoms with van der Waals surface area (Å²) < 4.78 is 11.2. The van der Waals surface area contributed by atoms with Crippen molar-refractivity contribution < 1.29 is 14.3 Å². The lowest BCUT2D eigenvalue weighted by atomic mass is 10.1. The standard InChI is InChI=1S/C20H18ClNO3/c21-17-9-3-4-10-19(17)25-14-20(23)22-12-13-24-18-11-5-7-15-6-1-2-8-16(15)18/h1-11H,12-14H2,(H,22,23). The fourth-order valence-electron chi connectivity index (χ4n) is 2.43. The molecule has 0 saturated heterocycles. The average molecular weight is 356 g/mol. The Hall–Kier alpha value is -2.72. The molecule has 128 valence electrons. The Balaban J connectivity index is 1.43. The van der Waals surface area contributed by atoms with Gasteiger partial charge in [-0.3, -0.25) is 4.79 Å². The lowest BCUT2D eigenvalue weighted by Crippen LogP contribution is -2.32. The molecule has 5 heteroatoms. The molecule has 1 N–H and O–H groups in total. The first-order valence-electron chi connectivity index (χ1n) is 7.98. The zero-order valence-electron chi connectivity index (χ0n) is 13.6. The van der Waals surface area contributed by atoms with Gasteiger partial charge in [-0.25, -0.2) is 0 Å². The SMILES string of the molecule is O=C(COc1ccccc1Cl)NCCOc1cccc2ccccc12. The summed E-state index contributed by atoms with van der Waals surface area (Å²) in [6.07, 6.45) is 0. The van der Waals surface area contributed by atoms with Gasteiger partial charge < -0.3 is 14.8 Å². The molecule has 0 heterocycles. The van der Waals surface area contributed by atoms with Crippen molar-refractivity contribution >= 4 is 28.3 Å². The normalized spacial score (nSPS) is 10.4. The molecule has 3 aromatic carbocycles. The molecule has 25 heavy (non-hydrogen) atoms. The van der Waals surface area contributed by atoms with E-state index in [0.29, 0.717) is 23.9 Å². The Bertz CT molecular complexity index is 861. The van der Waals surface area contributed by atoms with Crippen LogP contribution in [0.4, 0.5) is 0 Å². The Morgan fingerprint density at radius 1 is 0.880 bits per heavy atom. The molecule has 4 nitrogen and oxygen atoms in total. The number of ether oxygens (including phenoxy) is 2. The van der Waals surface area contributed by atoms with Gasteiger partial charge in [-0.15, -0.1) is 0 Å². The molecule has 0 spiro atoms. The van der Waals surface area contributed by atoms with Crippen LogP contribution in [-0.4, -0.2) is 25.7 Å². The highest BCUT2D eigenvalue weighted by Crippen LogP contribution is 2.25. The summed E-state index contributed by atoms with van der Waals surface area (Å²) >= 11 is 5.97. The summed E-state index contributed by atoms with van der Waals surface area (Å²) in [6.45, 7) is 0.692. The van der Waals surface area contributed by atoms with Crippen molar-refractivity contribution in [3.63, 3.8) is 0 Å². The fourth-order valence-corrected chi connectivity index (χ4v) is 2.62. The van der Waals surface area contributed by atoms with E-state index in [4.69, 9.17) is 21.1 Å². The Labute approximate surface area is 151 Å². The number of fused-ring (bicyclic) bond motifs is 1. The van der Waals surface area contributed by atoms with Crippen LogP contribution < -0.4 is 14.8 Å². The van der Waals surface area contributed by atoms with Crippen LogP contribution in [0.15, 0.2) is 66.7 Å². The number of hydrogen-bond donors (Lipinski definition) is 1. The summed E-state index contributed by atoms with van der Waals surface area (Å²) in [5.41, 5.74) is 0. The molecule has 0 aliphatic heterocycles. The summed E-state index contributed by atoms with van der Waals surface area (Å²) in [4.78, 5) is 11.8. The van der Waals surface area contributed by atoms with Crippen LogP contribution in [0, 0.1) is 0 Å². The molecule has 3 rings (SSSR count). The fraction of sp³-hybridized carbons (Fsp3) is 0.150. The maximum Gasteiger partial charge on any atom is 0.258 e. The topological polar surface area (TPSA) is 47.6 Å². The largest absolute Gasteiger partial charge is 0.491 e. The van der Waals surface area contributed by atoms with E-state index in [9.17, 15) is 4.79 Å². The van der Waals surface area contributed by atoms with Gasteiger partial charge in [0.25, 0.3) is 5.91 Å². The van der Waals surface area contributed by atoms with E-state index in [-0.39, 0.29) is 12.5 Å². The second-order valence-corrected chi connectivity index (χ2v) is 5.80. The van der Waals surface area contributed by atoms with Crippen LogP contribution in [0.1, 0.15) is 0 Å². The smallest absolute Gasteiger partial charge is 0.258 e. The van der Waals surface area contributed by atoms with E-state index in [1.165, 1.54) is 0 Å². The van der Waals surface area contributed by atoms with E-state index >= 15 is 0 Å². The van der Waals surface area contributed by atoms with E-state index in [1.54, 1.807) is 24.3 Å². The predicted molar refractivity (Wildman–Crippen MR) is 99.4 cm³/mol. The summed E-state index contributed by atoms with van der Waals surface area (Å²) in [6, 6.07) is 21.0. The van der Waals surface area contributed by atoms with Crippen molar-refractivity contribution in [1.29, 1.82) is 0 Å². The molecule has 3 aromatic rings. The van der Waals surface area contributed by atoms with Gasteiger partial charge in [-0.2, -0.15) is 0 Å². The Morgan fingerprint density at radius 3 is 2.48 bits per heavy atom. The molecule has 0 aliphatic rings. The highest BCUT2D eigenvalue weighted by atomic mass is 35.5. The second kappa shape index (κ2) is 8.40. The zero-order chi connectivity index (χ0) is 17.5. The predicted octanol–water partition coefficient (Wildman–Crippen LogP) is 4.07.